The molecule has 114 valence electrons. The van der Waals surface area contributed by atoms with Crippen LogP contribution in [0.15, 0.2) is 4.60 Å². The van der Waals surface area contributed by atoms with Crippen molar-refractivity contribution in [3.63, 3.8) is 0 Å². The van der Waals surface area contributed by atoms with Crippen LogP contribution in [0.25, 0.3) is 0 Å². The third-order valence-electron chi connectivity index (χ3n) is 4.78. The predicted octanol–water partition coefficient (Wildman–Crippen LogP) is 3.69. The molecule has 1 fully saturated rings. The van der Waals surface area contributed by atoms with Gasteiger partial charge in [0.1, 0.15) is 0 Å². The van der Waals surface area contributed by atoms with Crippen molar-refractivity contribution in [2.75, 3.05) is 6.54 Å². The van der Waals surface area contributed by atoms with Gasteiger partial charge in [0, 0.05) is 7.05 Å². The van der Waals surface area contributed by atoms with Crippen molar-refractivity contribution >= 4 is 15.9 Å². The van der Waals surface area contributed by atoms with E-state index in [2.05, 4.69) is 52.3 Å². The summed E-state index contributed by atoms with van der Waals surface area (Å²) in [6.07, 6.45) is 5.32. The van der Waals surface area contributed by atoms with Gasteiger partial charge in [0.05, 0.1) is 11.7 Å². The first kappa shape index (κ1) is 16.0. The Kier molecular flexibility index (Phi) is 5.61. The lowest BCUT2D eigenvalue weighted by Gasteiger charge is -2.35. The van der Waals surface area contributed by atoms with Gasteiger partial charge in [0.25, 0.3) is 0 Å². The fraction of sp³-hybridized carbons (Fsp3) is 0.867. The third kappa shape index (κ3) is 3.42. The van der Waals surface area contributed by atoms with Crippen molar-refractivity contribution < 1.29 is 0 Å². The van der Waals surface area contributed by atoms with Crippen LogP contribution in [-0.4, -0.2) is 21.5 Å². The Bertz CT molecular complexity index is 402. The van der Waals surface area contributed by atoms with Gasteiger partial charge in [0.2, 0.25) is 0 Å². The van der Waals surface area contributed by atoms with Gasteiger partial charge < -0.3 is 5.32 Å². The highest BCUT2D eigenvalue weighted by atomic mass is 79.9. The molecule has 1 atom stereocenters. The first-order valence-electron chi connectivity index (χ1n) is 7.83. The van der Waals surface area contributed by atoms with Crippen LogP contribution in [0.1, 0.15) is 58.2 Å². The van der Waals surface area contributed by atoms with Crippen molar-refractivity contribution in [3.8, 4) is 0 Å². The summed E-state index contributed by atoms with van der Waals surface area (Å²) >= 11 is 3.56. The average molecular weight is 343 g/mol. The number of hydrogen-bond acceptors (Lipinski definition) is 3. The SMILES string of the molecule is CCNC(c1c(Br)nnn1C)C1CCC(C(C)C)CC1. The van der Waals surface area contributed by atoms with Crippen LogP contribution >= 0.6 is 15.9 Å². The molecular weight excluding hydrogens is 316 g/mol. The summed E-state index contributed by atoms with van der Waals surface area (Å²) < 4.78 is 2.79. The van der Waals surface area contributed by atoms with E-state index in [4.69, 9.17) is 0 Å². The van der Waals surface area contributed by atoms with Crippen LogP contribution in [0.4, 0.5) is 0 Å². The number of halogens is 1. The van der Waals surface area contributed by atoms with Gasteiger partial charge in [-0.25, -0.2) is 4.68 Å². The standard InChI is InChI=1S/C15H27BrN4/c1-5-17-13(14-15(16)18-19-20(14)4)12-8-6-11(7-9-12)10(2)3/h10-13,17H,5-9H2,1-4H3. The largest absolute Gasteiger partial charge is 0.309 e. The maximum atomic E-state index is 4.15. The molecule has 1 aliphatic rings. The number of hydrogen-bond donors (Lipinski definition) is 1. The van der Waals surface area contributed by atoms with E-state index in [1.165, 1.54) is 31.4 Å². The number of nitrogens with one attached hydrogen (secondary N) is 1. The molecule has 0 spiro atoms. The van der Waals surface area contributed by atoms with E-state index >= 15 is 0 Å². The molecule has 4 nitrogen and oxygen atoms in total. The molecule has 5 heteroatoms. The van der Waals surface area contributed by atoms with Gasteiger partial charge in [0.15, 0.2) is 4.60 Å². The third-order valence-corrected chi connectivity index (χ3v) is 5.34. The lowest BCUT2D eigenvalue weighted by atomic mass is 9.74. The highest BCUT2D eigenvalue weighted by Gasteiger charge is 2.32. The molecule has 0 amide bonds. The fourth-order valence-electron chi connectivity index (χ4n) is 3.52. The normalized spacial score (nSPS) is 25.1. The van der Waals surface area contributed by atoms with Crippen molar-refractivity contribution in [1.82, 2.24) is 20.3 Å². The Morgan fingerprint density at radius 1 is 1.25 bits per heavy atom. The molecule has 1 aromatic heterocycles. The van der Waals surface area contributed by atoms with Crippen LogP contribution in [0.3, 0.4) is 0 Å². The van der Waals surface area contributed by atoms with Gasteiger partial charge in [-0.1, -0.05) is 26.0 Å². The summed E-state index contributed by atoms with van der Waals surface area (Å²) in [5.41, 5.74) is 1.19. The molecule has 1 N–H and O–H groups in total. The summed E-state index contributed by atoms with van der Waals surface area (Å²) in [5.74, 6) is 2.42. The van der Waals surface area contributed by atoms with Crippen molar-refractivity contribution in [2.45, 2.75) is 52.5 Å². The zero-order chi connectivity index (χ0) is 14.7. The molecule has 0 radical (unpaired) electrons. The Morgan fingerprint density at radius 3 is 2.30 bits per heavy atom. The van der Waals surface area contributed by atoms with Gasteiger partial charge in [-0.3, -0.25) is 0 Å². The Labute approximate surface area is 130 Å². The number of nitrogens with zero attached hydrogens (tertiary/aromatic N) is 3. The summed E-state index contributed by atoms with van der Waals surface area (Å²) in [6.45, 7) is 7.86. The molecule has 2 rings (SSSR count). The lowest BCUT2D eigenvalue weighted by molar-refractivity contribution is 0.186. The molecule has 0 aliphatic heterocycles. The van der Waals surface area contributed by atoms with E-state index in [0.717, 1.165) is 23.0 Å². The van der Waals surface area contributed by atoms with Crippen LogP contribution in [-0.2, 0) is 7.05 Å². The first-order valence-corrected chi connectivity index (χ1v) is 8.62. The second kappa shape index (κ2) is 7.03. The van der Waals surface area contributed by atoms with Gasteiger partial charge in [-0.2, -0.15) is 0 Å². The number of aromatic nitrogens is 3. The average Bonchev–Trinajstić information content (AvgIpc) is 2.76. The molecule has 0 saturated heterocycles. The zero-order valence-corrected chi connectivity index (χ0v) is 14.7. The molecule has 1 saturated carbocycles. The Balaban J connectivity index is 2.11. The molecular formula is C15H27BrN4. The van der Waals surface area contributed by atoms with Crippen molar-refractivity contribution in [2.24, 2.45) is 24.8 Å². The first-order chi connectivity index (χ1) is 9.54. The fourth-order valence-corrected chi connectivity index (χ4v) is 4.09. The lowest BCUT2D eigenvalue weighted by Crippen LogP contribution is -2.33. The summed E-state index contributed by atoms with van der Waals surface area (Å²) in [4.78, 5) is 0. The van der Waals surface area contributed by atoms with Crippen LogP contribution in [0, 0.1) is 17.8 Å². The molecule has 1 aliphatic carbocycles. The van der Waals surface area contributed by atoms with Crippen LogP contribution < -0.4 is 5.32 Å². The smallest absolute Gasteiger partial charge is 0.153 e. The highest BCUT2D eigenvalue weighted by molar-refractivity contribution is 9.10. The minimum atomic E-state index is 0.363. The highest BCUT2D eigenvalue weighted by Crippen LogP contribution is 2.40. The maximum Gasteiger partial charge on any atom is 0.153 e. The second-order valence-electron chi connectivity index (χ2n) is 6.34. The molecule has 1 unspecified atom stereocenters. The van der Waals surface area contributed by atoms with E-state index in [-0.39, 0.29) is 0 Å². The Hall–Kier alpha value is -0.420. The van der Waals surface area contributed by atoms with E-state index in [1.807, 2.05) is 11.7 Å². The van der Waals surface area contributed by atoms with Gasteiger partial charge in [-0.15, -0.1) is 5.10 Å². The maximum absolute atomic E-state index is 4.15. The van der Waals surface area contributed by atoms with E-state index in [1.54, 1.807) is 0 Å². The molecule has 1 aromatic rings. The Morgan fingerprint density at radius 2 is 1.85 bits per heavy atom. The minimum Gasteiger partial charge on any atom is -0.309 e. The summed E-state index contributed by atoms with van der Waals surface area (Å²) in [7, 11) is 1.98. The quantitative estimate of drug-likeness (QED) is 0.887. The van der Waals surface area contributed by atoms with Crippen molar-refractivity contribution in [1.29, 1.82) is 0 Å². The molecule has 1 heterocycles. The van der Waals surface area contributed by atoms with E-state index in [9.17, 15) is 0 Å². The van der Waals surface area contributed by atoms with E-state index in [0.29, 0.717) is 12.0 Å². The van der Waals surface area contributed by atoms with Crippen LogP contribution in [0.5, 0.6) is 0 Å². The zero-order valence-electron chi connectivity index (χ0n) is 13.1. The monoisotopic (exact) mass is 342 g/mol. The summed E-state index contributed by atoms with van der Waals surface area (Å²) in [6, 6.07) is 0.363. The molecule has 0 bridgehead atoms. The molecule has 0 aromatic carbocycles. The van der Waals surface area contributed by atoms with Crippen LogP contribution in [0.2, 0.25) is 0 Å². The number of aryl methyl sites for hydroxylation is 1. The number of rotatable bonds is 5. The van der Waals surface area contributed by atoms with Gasteiger partial charge in [-0.05, 0) is 65.9 Å². The predicted molar refractivity (Wildman–Crippen MR) is 85.4 cm³/mol. The minimum absolute atomic E-state index is 0.363. The summed E-state index contributed by atoms with van der Waals surface area (Å²) in [5, 5.41) is 11.9. The topological polar surface area (TPSA) is 42.7 Å². The van der Waals surface area contributed by atoms with Crippen molar-refractivity contribution in [3.05, 3.63) is 10.3 Å². The second-order valence-corrected chi connectivity index (χ2v) is 7.09. The molecule has 20 heavy (non-hydrogen) atoms. The van der Waals surface area contributed by atoms with Gasteiger partial charge >= 0.3 is 0 Å². The van der Waals surface area contributed by atoms with E-state index < -0.39 is 0 Å².